The molecule has 10 heavy (non-hydrogen) atoms. The summed E-state index contributed by atoms with van der Waals surface area (Å²) in [5.74, 6) is 2.06. The minimum Gasteiger partial charge on any atom is -0.0882 e. The first kappa shape index (κ1) is 6.45. The van der Waals surface area contributed by atoms with E-state index in [-0.39, 0.29) is 0 Å². The van der Waals surface area contributed by atoms with Crippen molar-refractivity contribution in [2.45, 2.75) is 39.0 Å². The predicted molar refractivity (Wildman–Crippen MR) is 43.8 cm³/mol. The van der Waals surface area contributed by atoms with Crippen molar-refractivity contribution >= 4 is 0 Å². The van der Waals surface area contributed by atoms with E-state index in [9.17, 15) is 0 Å². The Bertz CT molecular complexity index is 147. The van der Waals surface area contributed by atoms with Gasteiger partial charge in [-0.2, -0.15) is 0 Å². The monoisotopic (exact) mass is 136 g/mol. The molecule has 0 aromatic heterocycles. The van der Waals surface area contributed by atoms with Crippen molar-refractivity contribution in [1.82, 2.24) is 0 Å². The number of hydrogen-bond donors (Lipinski definition) is 0. The Morgan fingerprint density at radius 1 is 1.20 bits per heavy atom. The van der Waals surface area contributed by atoms with Crippen LogP contribution >= 0.6 is 0 Å². The van der Waals surface area contributed by atoms with Gasteiger partial charge in [0.15, 0.2) is 0 Å². The minimum atomic E-state index is 0.995. The van der Waals surface area contributed by atoms with E-state index in [4.69, 9.17) is 0 Å². The highest BCUT2D eigenvalue weighted by atomic mass is 14.4. The highest BCUT2D eigenvalue weighted by Crippen LogP contribution is 2.44. The summed E-state index contributed by atoms with van der Waals surface area (Å²) >= 11 is 0. The maximum atomic E-state index is 2.36. The number of fused-ring (bicyclic) bond motifs is 3. The average molecular weight is 136 g/mol. The van der Waals surface area contributed by atoms with E-state index in [1.54, 1.807) is 5.57 Å². The molecule has 3 rings (SSSR count). The van der Waals surface area contributed by atoms with Crippen molar-refractivity contribution in [3.8, 4) is 0 Å². The number of rotatable bonds is 0. The fourth-order valence-electron chi connectivity index (χ4n) is 2.59. The van der Waals surface area contributed by atoms with Gasteiger partial charge in [-0.1, -0.05) is 11.6 Å². The van der Waals surface area contributed by atoms with Crippen molar-refractivity contribution in [3.05, 3.63) is 11.6 Å². The lowest BCUT2D eigenvalue weighted by Crippen LogP contribution is -2.24. The normalized spacial score (nSPS) is 42.7. The summed E-state index contributed by atoms with van der Waals surface area (Å²) in [7, 11) is 0. The molecule has 0 aromatic carbocycles. The van der Waals surface area contributed by atoms with Gasteiger partial charge >= 0.3 is 0 Å². The van der Waals surface area contributed by atoms with Crippen LogP contribution in [0, 0.1) is 11.8 Å². The van der Waals surface area contributed by atoms with Crippen molar-refractivity contribution in [3.63, 3.8) is 0 Å². The van der Waals surface area contributed by atoms with Gasteiger partial charge in [0.25, 0.3) is 0 Å². The first-order valence-electron chi connectivity index (χ1n) is 4.55. The second kappa shape index (κ2) is 2.41. The molecule has 0 N–H and O–H groups in total. The molecule has 0 amide bonds. The van der Waals surface area contributed by atoms with Crippen LogP contribution in [0.1, 0.15) is 39.0 Å². The number of hydrogen-bond acceptors (Lipinski definition) is 0. The topological polar surface area (TPSA) is 0 Å². The molecule has 0 aliphatic heterocycles. The summed E-state index contributed by atoms with van der Waals surface area (Å²) < 4.78 is 0. The van der Waals surface area contributed by atoms with E-state index >= 15 is 0 Å². The zero-order valence-electron chi connectivity index (χ0n) is 6.77. The maximum absolute atomic E-state index is 2.36. The molecule has 0 spiro atoms. The molecule has 3 aliphatic rings. The molecule has 0 unspecified atom stereocenters. The molecule has 0 radical (unpaired) electrons. The summed E-state index contributed by atoms with van der Waals surface area (Å²) in [6.45, 7) is 2.20. The van der Waals surface area contributed by atoms with Gasteiger partial charge in [-0.15, -0.1) is 0 Å². The zero-order valence-corrected chi connectivity index (χ0v) is 6.77. The van der Waals surface area contributed by atoms with Crippen LogP contribution in [0.4, 0.5) is 0 Å². The predicted octanol–water partition coefficient (Wildman–Crippen LogP) is 3.14. The van der Waals surface area contributed by atoms with E-state index in [2.05, 4.69) is 13.0 Å². The molecule has 3 aliphatic carbocycles. The van der Waals surface area contributed by atoms with E-state index in [1.165, 1.54) is 32.1 Å². The van der Waals surface area contributed by atoms with E-state index in [0.717, 1.165) is 11.8 Å². The Morgan fingerprint density at radius 3 is 2.20 bits per heavy atom. The summed E-state index contributed by atoms with van der Waals surface area (Å²) in [5.41, 5.74) is 1.77. The Balaban J connectivity index is 2.15. The Labute approximate surface area is 63.3 Å². The molecule has 56 valence electrons. The second-order valence-electron chi connectivity index (χ2n) is 3.79. The molecular formula is C10H16. The molecule has 0 nitrogen and oxygen atoms in total. The first-order chi connectivity index (χ1) is 4.90. The first-order valence-corrected chi connectivity index (χ1v) is 4.55. The molecule has 0 heteroatoms. The highest BCUT2D eigenvalue weighted by molar-refractivity contribution is 5.12. The van der Waals surface area contributed by atoms with Crippen LogP contribution < -0.4 is 0 Å². The van der Waals surface area contributed by atoms with Crippen LogP contribution in [0.3, 0.4) is 0 Å². The van der Waals surface area contributed by atoms with Crippen LogP contribution in [0.5, 0.6) is 0 Å². The summed E-state index contributed by atoms with van der Waals surface area (Å²) in [6.07, 6.45) is 9.80. The molecule has 0 saturated heterocycles. The summed E-state index contributed by atoms with van der Waals surface area (Å²) in [5, 5.41) is 0. The standard InChI is InChI=1S/C10H16/c1-2-9-7-8-3-5-10(9)6-4-8/h2,8,10H,3-7H2,1H3. The van der Waals surface area contributed by atoms with Crippen LogP contribution in [0.2, 0.25) is 0 Å². The third kappa shape index (κ3) is 0.902. The fraction of sp³-hybridized carbons (Fsp3) is 0.800. The molecule has 3 saturated carbocycles. The summed E-state index contributed by atoms with van der Waals surface area (Å²) in [4.78, 5) is 0. The van der Waals surface area contributed by atoms with Crippen LogP contribution in [0.25, 0.3) is 0 Å². The van der Waals surface area contributed by atoms with Crippen LogP contribution in [-0.4, -0.2) is 0 Å². The fourth-order valence-corrected chi connectivity index (χ4v) is 2.59. The van der Waals surface area contributed by atoms with Gasteiger partial charge in [0.2, 0.25) is 0 Å². The third-order valence-corrected chi connectivity index (χ3v) is 3.27. The van der Waals surface area contributed by atoms with E-state index in [1.807, 2.05) is 0 Å². The molecule has 3 fully saturated rings. The van der Waals surface area contributed by atoms with Crippen molar-refractivity contribution in [1.29, 1.82) is 0 Å². The molecule has 2 bridgehead atoms. The zero-order chi connectivity index (χ0) is 6.97. The minimum absolute atomic E-state index is 0.995. The third-order valence-electron chi connectivity index (χ3n) is 3.27. The van der Waals surface area contributed by atoms with Gasteiger partial charge in [-0.05, 0) is 50.9 Å². The van der Waals surface area contributed by atoms with Gasteiger partial charge < -0.3 is 0 Å². The quantitative estimate of drug-likeness (QED) is 0.449. The molecular weight excluding hydrogens is 120 g/mol. The van der Waals surface area contributed by atoms with Crippen molar-refractivity contribution in [2.24, 2.45) is 11.8 Å². The number of allylic oxidation sites excluding steroid dienone is 2. The summed E-state index contributed by atoms with van der Waals surface area (Å²) in [6, 6.07) is 0. The Hall–Kier alpha value is -0.260. The van der Waals surface area contributed by atoms with Crippen molar-refractivity contribution < 1.29 is 0 Å². The van der Waals surface area contributed by atoms with Crippen LogP contribution in [0.15, 0.2) is 11.6 Å². The van der Waals surface area contributed by atoms with Gasteiger partial charge in [0, 0.05) is 0 Å². The van der Waals surface area contributed by atoms with Crippen LogP contribution in [-0.2, 0) is 0 Å². The lowest BCUT2D eigenvalue weighted by atomic mass is 9.68. The highest BCUT2D eigenvalue weighted by Gasteiger charge is 2.30. The lowest BCUT2D eigenvalue weighted by molar-refractivity contribution is 0.239. The van der Waals surface area contributed by atoms with Gasteiger partial charge in [-0.25, -0.2) is 0 Å². The van der Waals surface area contributed by atoms with Gasteiger partial charge in [0.1, 0.15) is 0 Å². The van der Waals surface area contributed by atoms with E-state index in [0.29, 0.717) is 0 Å². The van der Waals surface area contributed by atoms with E-state index < -0.39 is 0 Å². The lowest BCUT2D eigenvalue weighted by Gasteiger charge is -2.38. The van der Waals surface area contributed by atoms with Crippen molar-refractivity contribution in [2.75, 3.05) is 0 Å². The van der Waals surface area contributed by atoms with Gasteiger partial charge in [-0.3, -0.25) is 0 Å². The Kier molecular flexibility index (Phi) is 1.55. The average Bonchev–Trinajstić information content (AvgIpc) is 2.06. The maximum Gasteiger partial charge on any atom is -0.0203 e. The molecule has 0 atom stereocenters. The molecule has 0 heterocycles. The Morgan fingerprint density at radius 2 is 1.90 bits per heavy atom. The SMILES string of the molecule is CC=C1CC2CCC1CC2. The largest absolute Gasteiger partial charge is 0.0882 e. The smallest absolute Gasteiger partial charge is 0.0203 e. The molecule has 0 aromatic rings. The van der Waals surface area contributed by atoms with Gasteiger partial charge in [0.05, 0.1) is 0 Å². The second-order valence-corrected chi connectivity index (χ2v) is 3.79.